The third kappa shape index (κ3) is 5.47. The molecule has 1 aliphatic heterocycles. The molecule has 2 aromatic rings. The number of carbonyl (C=O) groups excluding carboxylic acids is 1. The first kappa shape index (κ1) is 18.2. The van der Waals surface area contributed by atoms with E-state index in [2.05, 4.69) is 45.8 Å². The minimum absolute atomic E-state index is 0.0326. The normalized spacial score (nSPS) is 20.6. The van der Waals surface area contributed by atoms with Crippen LogP contribution in [0.3, 0.4) is 0 Å². The molecule has 1 saturated heterocycles. The van der Waals surface area contributed by atoms with Crippen molar-refractivity contribution in [3.8, 4) is 0 Å². The third-order valence-corrected chi connectivity index (χ3v) is 4.80. The van der Waals surface area contributed by atoms with Crippen LogP contribution in [-0.4, -0.2) is 49.3 Å². The molecule has 1 aromatic carbocycles. The molecule has 0 atom stereocenters. The fraction of sp³-hybridized carbons (Fsp3) is 0.350. The van der Waals surface area contributed by atoms with Gasteiger partial charge in [0.15, 0.2) is 6.54 Å². The predicted octanol–water partition coefficient (Wildman–Crippen LogP) is -1.09. The first-order chi connectivity index (χ1) is 12.7. The van der Waals surface area contributed by atoms with Crippen molar-refractivity contribution in [2.45, 2.75) is 13.5 Å². The summed E-state index contributed by atoms with van der Waals surface area (Å²) in [6.07, 6.45) is 3.46. The van der Waals surface area contributed by atoms with Crippen molar-refractivity contribution in [3.05, 3.63) is 66.0 Å². The zero-order valence-electron chi connectivity index (χ0n) is 15.2. The second-order valence-corrected chi connectivity index (χ2v) is 6.81. The third-order valence-electron chi connectivity index (χ3n) is 4.80. The van der Waals surface area contributed by atoms with E-state index in [9.17, 15) is 4.79 Å². The van der Waals surface area contributed by atoms with Crippen LogP contribution in [0.2, 0.25) is 0 Å². The molecule has 136 valence electrons. The number of benzene rings is 1. The van der Waals surface area contributed by atoms with Crippen LogP contribution in [0, 0.1) is 0 Å². The highest BCUT2D eigenvalue weighted by Crippen LogP contribution is 1.97. The summed E-state index contributed by atoms with van der Waals surface area (Å²) in [6, 6.07) is 14.4. The molecular weight excluding hydrogens is 326 g/mol. The Kier molecular flexibility index (Phi) is 6.46. The van der Waals surface area contributed by atoms with Crippen LogP contribution in [0.4, 0.5) is 0 Å². The zero-order valence-corrected chi connectivity index (χ0v) is 15.2. The van der Waals surface area contributed by atoms with E-state index in [1.807, 2.05) is 19.1 Å². The minimum Gasteiger partial charge on any atom is -0.322 e. The first-order valence-corrected chi connectivity index (χ1v) is 9.15. The molecular formula is C20H27N5O+2. The number of pyridine rings is 1. The molecule has 0 bridgehead atoms. The average Bonchev–Trinajstić information content (AvgIpc) is 2.69. The van der Waals surface area contributed by atoms with Gasteiger partial charge >= 0.3 is 0 Å². The maximum absolute atomic E-state index is 12.2. The Morgan fingerprint density at radius 2 is 1.81 bits per heavy atom. The van der Waals surface area contributed by atoms with Gasteiger partial charge in [-0.2, -0.15) is 5.10 Å². The van der Waals surface area contributed by atoms with Crippen molar-refractivity contribution in [2.24, 2.45) is 5.10 Å². The molecule has 0 spiro atoms. The molecule has 1 aromatic heterocycles. The standard InChI is InChI=1S/C20H25N5O/c1-17(19-8-5-9-21-14-19)22-23-20(26)16-25-12-10-24(11-13-25)15-18-6-3-2-4-7-18/h2-9,14H,10-13,15-16H2,1H3,(H,23,26)/p+2/b22-17-. The molecule has 0 saturated carbocycles. The molecule has 2 heterocycles. The number of hydrogen-bond acceptors (Lipinski definition) is 3. The highest BCUT2D eigenvalue weighted by molar-refractivity contribution is 5.98. The fourth-order valence-electron chi connectivity index (χ4n) is 3.25. The van der Waals surface area contributed by atoms with Gasteiger partial charge in [0.1, 0.15) is 32.7 Å². The van der Waals surface area contributed by atoms with E-state index in [0.29, 0.717) is 6.54 Å². The Bertz CT molecular complexity index is 724. The maximum Gasteiger partial charge on any atom is 0.295 e. The highest BCUT2D eigenvalue weighted by Gasteiger charge is 2.24. The van der Waals surface area contributed by atoms with Crippen LogP contribution in [0.1, 0.15) is 18.1 Å². The van der Waals surface area contributed by atoms with E-state index in [0.717, 1.165) is 44.0 Å². The van der Waals surface area contributed by atoms with E-state index in [4.69, 9.17) is 0 Å². The Labute approximate surface area is 154 Å². The van der Waals surface area contributed by atoms with Gasteiger partial charge in [0.05, 0.1) is 5.71 Å². The average molecular weight is 353 g/mol. The van der Waals surface area contributed by atoms with Crippen molar-refractivity contribution in [3.63, 3.8) is 0 Å². The summed E-state index contributed by atoms with van der Waals surface area (Å²) in [5, 5.41) is 4.19. The number of amides is 1. The molecule has 6 heteroatoms. The molecule has 26 heavy (non-hydrogen) atoms. The number of aromatic nitrogens is 1. The van der Waals surface area contributed by atoms with Crippen LogP contribution in [0.15, 0.2) is 60.0 Å². The lowest BCUT2D eigenvalue weighted by Crippen LogP contribution is -3.28. The van der Waals surface area contributed by atoms with E-state index in [-0.39, 0.29) is 5.91 Å². The van der Waals surface area contributed by atoms with Gasteiger partial charge in [-0.15, -0.1) is 0 Å². The quantitative estimate of drug-likeness (QED) is 0.456. The second kappa shape index (κ2) is 9.22. The number of carbonyl (C=O) groups is 1. The Morgan fingerprint density at radius 1 is 1.08 bits per heavy atom. The molecule has 0 unspecified atom stereocenters. The molecule has 0 aliphatic carbocycles. The largest absolute Gasteiger partial charge is 0.322 e. The molecule has 1 amide bonds. The van der Waals surface area contributed by atoms with Crippen molar-refractivity contribution in [1.82, 2.24) is 10.4 Å². The number of quaternary nitrogens is 2. The van der Waals surface area contributed by atoms with Crippen LogP contribution in [-0.2, 0) is 11.3 Å². The summed E-state index contributed by atoms with van der Waals surface area (Å²) in [4.78, 5) is 19.1. The van der Waals surface area contributed by atoms with Crippen molar-refractivity contribution in [1.29, 1.82) is 0 Å². The van der Waals surface area contributed by atoms with E-state index in [1.54, 1.807) is 17.3 Å². The minimum atomic E-state index is -0.0326. The van der Waals surface area contributed by atoms with Gasteiger partial charge in [-0.05, 0) is 13.0 Å². The zero-order chi connectivity index (χ0) is 18.2. The van der Waals surface area contributed by atoms with Crippen LogP contribution < -0.4 is 15.2 Å². The van der Waals surface area contributed by atoms with Crippen molar-refractivity contribution in [2.75, 3.05) is 32.7 Å². The summed E-state index contributed by atoms with van der Waals surface area (Å²) in [5.41, 5.74) is 5.73. The van der Waals surface area contributed by atoms with Gasteiger partial charge in [0, 0.05) is 23.5 Å². The van der Waals surface area contributed by atoms with Gasteiger partial charge in [-0.3, -0.25) is 9.78 Å². The SMILES string of the molecule is C/C(=N/NC(=O)C[NH+]1CC[NH+](Cc2ccccc2)CC1)c1cccnc1. The number of hydrazone groups is 1. The van der Waals surface area contributed by atoms with Crippen molar-refractivity contribution < 1.29 is 14.6 Å². The lowest BCUT2D eigenvalue weighted by atomic mass is 10.2. The van der Waals surface area contributed by atoms with Crippen LogP contribution in [0.25, 0.3) is 0 Å². The summed E-state index contributed by atoms with van der Waals surface area (Å²) >= 11 is 0. The number of rotatable bonds is 6. The Morgan fingerprint density at radius 3 is 2.50 bits per heavy atom. The van der Waals surface area contributed by atoms with Gasteiger partial charge < -0.3 is 9.80 Å². The highest BCUT2D eigenvalue weighted by atomic mass is 16.2. The van der Waals surface area contributed by atoms with E-state index < -0.39 is 0 Å². The van der Waals surface area contributed by atoms with Crippen molar-refractivity contribution >= 4 is 11.6 Å². The topological polar surface area (TPSA) is 63.2 Å². The lowest BCUT2D eigenvalue weighted by molar-refractivity contribution is -1.02. The van der Waals surface area contributed by atoms with E-state index in [1.165, 1.54) is 10.5 Å². The fourth-order valence-corrected chi connectivity index (χ4v) is 3.25. The summed E-state index contributed by atoms with van der Waals surface area (Å²) in [6.45, 7) is 7.62. The molecule has 1 aliphatic rings. The number of hydrogen-bond donors (Lipinski definition) is 3. The molecule has 0 radical (unpaired) electrons. The van der Waals surface area contributed by atoms with Gasteiger partial charge in [0.2, 0.25) is 0 Å². The van der Waals surface area contributed by atoms with Gasteiger partial charge in [-0.1, -0.05) is 36.4 Å². The van der Waals surface area contributed by atoms with Gasteiger partial charge in [-0.25, -0.2) is 5.43 Å². The molecule has 6 nitrogen and oxygen atoms in total. The van der Waals surface area contributed by atoms with Crippen LogP contribution in [0.5, 0.6) is 0 Å². The number of nitrogens with one attached hydrogen (secondary N) is 3. The summed E-state index contributed by atoms with van der Waals surface area (Å²) < 4.78 is 0. The Balaban J connectivity index is 1.41. The number of nitrogens with zero attached hydrogens (tertiary/aromatic N) is 2. The van der Waals surface area contributed by atoms with E-state index >= 15 is 0 Å². The first-order valence-electron chi connectivity index (χ1n) is 9.15. The summed E-state index contributed by atoms with van der Waals surface area (Å²) in [7, 11) is 0. The molecule has 3 N–H and O–H groups in total. The maximum atomic E-state index is 12.2. The lowest BCUT2D eigenvalue weighted by Gasteiger charge is -2.29. The molecule has 1 fully saturated rings. The summed E-state index contributed by atoms with van der Waals surface area (Å²) in [5.74, 6) is -0.0326. The smallest absolute Gasteiger partial charge is 0.295 e. The molecule has 3 rings (SSSR count). The predicted molar refractivity (Wildman–Crippen MR) is 101 cm³/mol. The number of piperazine rings is 1. The Hall–Kier alpha value is -2.57. The second-order valence-electron chi connectivity index (χ2n) is 6.81. The monoisotopic (exact) mass is 353 g/mol. The van der Waals surface area contributed by atoms with Gasteiger partial charge in [0.25, 0.3) is 5.91 Å². The van der Waals surface area contributed by atoms with Crippen LogP contribution >= 0.6 is 0 Å².